The fraction of sp³-hybridized carbons (Fsp3) is 0. The molecule has 11 aromatic carbocycles. The monoisotopic (exact) mass is 788 g/mol. The second-order valence-corrected chi connectivity index (χ2v) is 16.1. The number of nitrogens with zero attached hydrogens (tertiary/aromatic N) is 2. The van der Waals surface area contributed by atoms with Crippen molar-refractivity contribution in [3.63, 3.8) is 0 Å². The molecule has 12 aromatic rings. The highest BCUT2D eigenvalue weighted by Crippen LogP contribution is 2.44. The highest BCUT2D eigenvalue weighted by Gasteiger charge is 2.20. The lowest BCUT2D eigenvalue weighted by molar-refractivity contribution is 1.19. The summed E-state index contributed by atoms with van der Waals surface area (Å²) in [6.07, 6.45) is 0. The van der Waals surface area contributed by atoms with Crippen LogP contribution in [-0.2, 0) is 0 Å². The number of benzene rings is 11. The van der Waals surface area contributed by atoms with Crippen molar-refractivity contribution in [3.8, 4) is 39.1 Å². The number of hydrogen-bond acceptors (Lipinski definition) is 1. The Bertz CT molecular complexity index is 3600. The molecular formula is C60H40N2. The molecule has 1 aromatic heterocycles. The van der Waals surface area contributed by atoms with E-state index in [4.69, 9.17) is 0 Å². The van der Waals surface area contributed by atoms with Crippen molar-refractivity contribution in [2.45, 2.75) is 0 Å². The number of para-hydroxylation sites is 1. The molecule has 0 aliphatic carbocycles. The van der Waals surface area contributed by atoms with E-state index in [0.717, 1.165) is 22.7 Å². The molecule has 0 amide bonds. The van der Waals surface area contributed by atoms with Crippen LogP contribution in [0.5, 0.6) is 0 Å². The average Bonchev–Trinajstić information content (AvgIpc) is 3.70. The molecule has 2 heteroatoms. The Labute approximate surface area is 360 Å². The third-order valence-electron chi connectivity index (χ3n) is 12.5. The van der Waals surface area contributed by atoms with E-state index in [9.17, 15) is 0 Å². The SMILES string of the molecule is c1ccc(-c2ccc(-c3ccc(N(c4cccc(-c5cccc6c5c5ccc7ccccc7c5n6-c5ccccc5)c4)c4ccc5c(ccc6ccccc65)c4)cc3)cc2)cc1. The van der Waals surface area contributed by atoms with E-state index in [1.54, 1.807) is 0 Å². The van der Waals surface area contributed by atoms with Gasteiger partial charge in [-0.3, -0.25) is 0 Å². The Hall–Kier alpha value is -8.20. The van der Waals surface area contributed by atoms with Crippen molar-refractivity contribution in [2.75, 3.05) is 4.90 Å². The summed E-state index contributed by atoms with van der Waals surface area (Å²) in [5.74, 6) is 0. The van der Waals surface area contributed by atoms with Gasteiger partial charge in [-0.1, -0.05) is 188 Å². The number of aromatic nitrogens is 1. The summed E-state index contributed by atoms with van der Waals surface area (Å²) in [5, 5.41) is 9.96. The molecule has 0 aliphatic heterocycles. The lowest BCUT2D eigenvalue weighted by Gasteiger charge is -2.27. The van der Waals surface area contributed by atoms with Crippen molar-refractivity contribution in [2.24, 2.45) is 0 Å². The molecule has 0 fully saturated rings. The average molecular weight is 789 g/mol. The molecule has 0 aliphatic rings. The van der Waals surface area contributed by atoms with Crippen LogP contribution in [0.25, 0.3) is 93.2 Å². The highest BCUT2D eigenvalue weighted by atomic mass is 15.1. The van der Waals surface area contributed by atoms with Crippen LogP contribution in [0.4, 0.5) is 17.1 Å². The topological polar surface area (TPSA) is 8.17 Å². The van der Waals surface area contributed by atoms with Crippen molar-refractivity contribution < 1.29 is 0 Å². The van der Waals surface area contributed by atoms with Gasteiger partial charge in [0.2, 0.25) is 0 Å². The first kappa shape index (κ1) is 35.7. The van der Waals surface area contributed by atoms with E-state index in [1.807, 2.05) is 0 Å². The summed E-state index contributed by atoms with van der Waals surface area (Å²) < 4.78 is 2.45. The normalized spacial score (nSPS) is 11.5. The van der Waals surface area contributed by atoms with Crippen molar-refractivity contribution in [1.82, 2.24) is 4.57 Å². The second kappa shape index (κ2) is 14.8. The van der Waals surface area contributed by atoms with Gasteiger partial charge in [0.05, 0.1) is 11.0 Å². The molecule has 12 rings (SSSR count). The Morgan fingerprint density at radius 2 is 0.806 bits per heavy atom. The molecule has 0 radical (unpaired) electrons. The molecule has 0 saturated carbocycles. The van der Waals surface area contributed by atoms with E-state index in [-0.39, 0.29) is 0 Å². The van der Waals surface area contributed by atoms with Gasteiger partial charge in [-0.05, 0) is 115 Å². The standard InChI is InChI=1S/C60H40N2/c1-3-13-41(14-4-1)42-25-27-43(28-26-42)44-31-34-50(35-32-44)61(52-36-38-54-48(40-52)30-29-45-15-7-9-21-53(45)54)51-20-11-17-47(39-51)55-23-12-24-58-59(55)57-37-33-46-16-8-10-22-56(46)60(57)62(58)49-18-5-2-6-19-49/h1-40H. The maximum atomic E-state index is 2.45. The van der Waals surface area contributed by atoms with Gasteiger partial charge in [-0.15, -0.1) is 0 Å². The predicted molar refractivity (Wildman–Crippen MR) is 264 cm³/mol. The Balaban J connectivity index is 1.02. The van der Waals surface area contributed by atoms with E-state index in [1.165, 1.54) is 87.5 Å². The number of anilines is 3. The van der Waals surface area contributed by atoms with Crippen LogP contribution in [0, 0.1) is 0 Å². The summed E-state index contributed by atoms with van der Waals surface area (Å²) in [4.78, 5) is 2.40. The molecule has 0 bridgehead atoms. The smallest absolute Gasteiger partial charge is 0.0619 e. The quantitative estimate of drug-likeness (QED) is 0.146. The van der Waals surface area contributed by atoms with Gasteiger partial charge in [0.25, 0.3) is 0 Å². The lowest BCUT2D eigenvalue weighted by Crippen LogP contribution is -2.10. The minimum Gasteiger partial charge on any atom is -0.310 e. The van der Waals surface area contributed by atoms with Gasteiger partial charge in [0.1, 0.15) is 0 Å². The minimum atomic E-state index is 1.09. The van der Waals surface area contributed by atoms with Gasteiger partial charge >= 0.3 is 0 Å². The van der Waals surface area contributed by atoms with E-state index < -0.39 is 0 Å². The third-order valence-corrected chi connectivity index (χ3v) is 12.5. The molecule has 0 atom stereocenters. The van der Waals surface area contributed by atoms with E-state index >= 15 is 0 Å². The minimum absolute atomic E-state index is 1.09. The molecule has 0 spiro atoms. The fourth-order valence-electron chi connectivity index (χ4n) is 9.60. The molecule has 2 nitrogen and oxygen atoms in total. The summed E-state index contributed by atoms with van der Waals surface area (Å²) in [6.45, 7) is 0. The van der Waals surface area contributed by atoms with Crippen molar-refractivity contribution in [3.05, 3.63) is 243 Å². The zero-order chi connectivity index (χ0) is 41.0. The van der Waals surface area contributed by atoms with Crippen LogP contribution in [0.2, 0.25) is 0 Å². The molecule has 290 valence electrons. The van der Waals surface area contributed by atoms with Gasteiger partial charge in [-0.25, -0.2) is 0 Å². The Morgan fingerprint density at radius 1 is 0.290 bits per heavy atom. The molecule has 1 heterocycles. The van der Waals surface area contributed by atoms with Crippen molar-refractivity contribution >= 4 is 71.2 Å². The number of rotatable bonds is 7. The molecule has 0 saturated heterocycles. The second-order valence-electron chi connectivity index (χ2n) is 16.1. The van der Waals surface area contributed by atoms with Crippen LogP contribution < -0.4 is 4.90 Å². The zero-order valence-corrected chi connectivity index (χ0v) is 34.0. The maximum absolute atomic E-state index is 2.45. The van der Waals surface area contributed by atoms with Gasteiger partial charge in [0.15, 0.2) is 0 Å². The van der Waals surface area contributed by atoms with Crippen LogP contribution in [-0.4, -0.2) is 4.57 Å². The van der Waals surface area contributed by atoms with Crippen LogP contribution >= 0.6 is 0 Å². The van der Waals surface area contributed by atoms with Crippen LogP contribution in [0.3, 0.4) is 0 Å². The first-order valence-corrected chi connectivity index (χ1v) is 21.3. The van der Waals surface area contributed by atoms with Gasteiger partial charge in [-0.2, -0.15) is 0 Å². The summed E-state index contributed by atoms with van der Waals surface area (Å²) in [6, 6.07) is 88.5. The number of hydrogen-bond donors (Lipinski definition) is 0. The van der Waals surface area contributed by atoms with Gasteiger partial charge < -0.3 is 9.47 Å². The summed E-state index contributed by atoms with van der Waals surface area (Å²) >= 11 is 0. The Morgan fingerprint density at radius 3 is 1.56 bits per heavy atom. The maximum Gasteiger partial charge on any atom is 0.0619 e. The first-order chi connectivity index (χ1) is 30.7. The van der Waals surface area contributed by atoms with Crippen LogP contribution in [0.1, 0.15) is 0 Å². The largest absolute Gasteiger partial charge is 0.310 e. The number of fused-ring (bicyclic) bond motifs is 8. The molecule has 0 N–H and O–H groups in total. The predicted octanol–water partition coefficient (Wildman–Crippen LogP) is 16.7. The van der Waals surface area contributed by atoms with E-state index in [2.05, 4.69) is 252 Å². The van der Waals surface area contributed by atoms with Gasteiger partial charge in [0, 0.05) is 38.9 Å². The summed E-state index contributed by atoms with van der Waals surface area (Å²) in [5.41, 5.74) is 14.1. The first-order valence-electron chi connectivity index (χ1n) is 21.3. The van der Waals surface area contributed by atoms with Crippen LogP contribution in [0.15, 0.2) is 243 Å². The Kier molecular flexibility index (Phi) is 8.53. The molecule has 0 unspecified atom stereocenters. The zero-order valence-electron chi connectivity index (χ0n) is 34.0. The third kappa shape index (κ3) is 6.04. The fourth-order valence-corrected chi connectivity index (χ4v) is 9.60. The molecular weight excluding hydrogens is 749 g/mol. The van der Waals surface area contributed by atoms with Crippen molar-refractivity contribution in [1.29, 1.82) is 0 Å². The summed E-state index contributed by atoms with van der Waals surface area (Å²) in [7, 11) is 0. The lowest BCUT2D eigenvalue weighted by atomic mass is 9.97. The van der Waals surface area contributed by atoms with E-state index in [0.29, 0.717) is 0 Å². The molecule has 62 heavy (non-hydrogen) atoms. The highest BCUT2D eigenvalue weighted by molar-refractivity contribution is 6.22.